The first kappa shape index (κ1) is 14.6. The third-order valence-corrected chi connectivity index (χ3v) is 7.64. The molecule has 1 aliphatic carbocycles. The molecule has 2 aromatic rings. The van der Waals surface area contributed by atoms with Crippen molar-refractivity contribution in [2.75, 3.05) is 25.0 Å². The van der Waals surface area contributed by atoms with Gasteiger partial charge >= 0.3 is 0 Å². The summed E-state index contributed by atoms with van der Waals surface area (Å²) in [6, 6.07) is 0. The zero-order valence-corrected chi connectivity index (χ0v) is 14.2. The molecule has 0 aromatic carbocycles. The molecule has 0 unspecified atom stereocenters. The highest BCUT2D eigenvalue weighted by atomic mass is 32.2. The number of aromatic nitrogens is 4. The Morgan fingerprint density at radius 2 is 2.08 bits per heavy atom. The van der Waals surface area contributed by atoms with Crippen LogP contribution in [0.3, 0.4) is 0 Å². The van der Waals surface area contributed by atoms with Gasteiger partial charge in [-0.2, -0.15) is 0 Å². The molecule has 1 saturated carbocycles. The minimum absolute atomic E-state index is 0.0920. The molecule has 128 valence electrons. The summed E-state index contributed by atoms with van der Waals surface area (Å²) in [6.45, 7) is 2.02. The maximum Gasteiger partial charge on any atom is 0.217 e. The van der Waals surface area contributed by atoms with E-state index in [4.69, 9.17) is 0 Å². The lowest BCUT2D eigenvalue weighted by molar-refractivity contribution is 0.307. The van der Waals surface area contributed by atoms with Crippen LogP contribution in [0.1, 0.15) is 43.1 Å². The first-order valence-electron chi connectivity index (χ1n) is 8.60. The average molecular weight is 348 g/mol. The van der Waals surface area contributed by atoms with E-state index in [1.54, 1.807) is 10.5 Å². The van der Waals surface area contributed by atoms with E-state index >= 15 is 0 Å². The molecule has 0 bridgehead atoms. The van der Waals surface area contributed by atoms with Gasteiger partial charge in [-0.25, -0.2) is 17.7 Å². The lowest BCUT2D eigenvalue weighted by atomic mass is 9.99. The first-order valence-corrected chi connectivity index (χ1v) is 10.1. The summed E-state index contributed by atoms with van der Waals surface area (Å²) in [5, 5.41) is 11.8. The van der Waals surface area contributed by atoms with E-state index in [0.29, 0.717) is 13.1 Å². The van der Waals surface area contributed by atoms with Gasteiger partial charge in [0.1, 0.15) is 11.6 Å². The highest BCUT2D eigenvalue weighted by Crippen LogP contribution is 2.35. The van der Waals surface area contributed by atoms with Crippen molar-refractivity contribution in [1.29, 1.82) is 0 Å². The first-order chi connectivity index (χ1) is 11.6. The van der Waals surface area contributed by atoms with Gasteiger partial charge in [0.05, 0.1) is 17.1 Å². The van der Waals surface area contributed by atoms with E-state index in [1.165, 1.54) is 0 Å². The Kier molecular flexibility index (Phi) is 3.12. The summed E-state index contributed by atoms with van der Waals surface area (Å²) in [4.78, 5) is 4.39. The SMILES string of the molecule is O=S(=O)(C1CC1)N1CCC[C@@H](c2nnc3cnc4c(n23)CCN4)C1. The zero-order valence-electron chi connectivity index (χ0n) is 13.3. The smallest absolute Gasteiger partial charge is 0.217 e. The number of sulfonamides is 1. The second kappa shape index (κ2) is 5.13. The number of hydrogen-bond donors (Lipinski definition) is 1. The topological polar surface area (TPSA) is 92.5 Å². The summed E-state index contributed by atoms with van der Waals surface area (Å²) < 4.78 is 28.9. The number of nitrogens with zero attached hydrogens (tertiary/aromatic N) is 5. The molecule has 4 heterocycles. The molecular weight excluding hydrogens is 328 g/mol. The van der Waals surface area contributed by atoms with Crippen LogP contribution in [0, 0.1) is 0 Å². The Balaban J connectivity index is 1.52. The van der Waals surface area contributed by atoms with Crippen LogP contribution in [-0.4, -0.2) is 57.2 Å². The molecule has 2 fully saturated rings. The lowest BCUT2D eigenvalue weighted by Gasteiger charge is -2.31. The van der Waals surface area contributed by atoms with Gasteiger partial charge in [-0.05, 0) is 25.7 Å². The van der Waals surface area contributed by atoms with Crippen molar-refractivity contribution in [3.8, 4) is 0 Å². The molecule has 8 nitrogen and oxygen atoms in total. The molecule has 24 heavy (non-hydrogen) atoms. The predicted octanol–water partition coefficient (Wildman–Crippen LogP) is 0.764. The van der Waals surface area contributed by atoms with E-state index in [1.807, 2.05) is 0 Å². The minimum atomic E-state index is -3.13. The predicted molar refractivity (Wildman–Crippen MR) is 88.5 cm³/mol. The highest BCUT2D eigenvalue weighted by molar-refractivity contribution is 7.90. The van der Waals surface area contributed by atoms with Crippen LogP contribution in [0.4, 0.5) is 5.82 Å². The number of piperidine rings is 1. The molecule has 1 saturated heterocycles. The van der Waals surface area contributed by atoms with Crippen LogP contribution >= 0.6 is 0 Å². The fourth-order valence-electron chi connectivity index (χ4n) is 3.87. The molecule has 0 amide bonds. The fourth-order valence-corrected chi connectivity index (χ4v) is 5.80. The second-order valence-electron chi connectivity index (χ2n) is 6.92. The monoisotopic (exact) mass is 348 g/mol. The molecule has 1 N–H and O–H groups in total. The number of rotatable bonds is 3. The fraction of sp³-hybridized carbons (Fsp3) is 0.667. The Morgan fingerprint density at radius 1 is 1.21 bits per heavy atom. The van der Waals surface area contributed by atoms with Crippen LogP contribution < -0.4 is 5.32 Å². The van der Waals surface area contributed by atoms with E-state index in [0.717, 1.165) is 61.6 Å². The molecule has 1 atom stereocenters. The van der Waals surface area contributed by atoms with Crippen molar-refractivity contribution in [1.82, 2.24) is 23.9 Å². The maximum atomic E-state index is 12.6. The van der Waals surface area contributed by atoms with Gasteiger partial charge < -0.3 is 5.32 Å². The highest BCUT2D eigenvalue weighted by Gasteiger charge is 2.42. The van der Waals surface area contributed by atoms with Gasteiger partial charge in [-0.15, -0.1) is 10.2 Å². The van der Waals surface area contributed by atoms with E-state index in [2.05, 4.69) is 24.9 Å². The van der Waals surface area contributed by atoms with Crippen LogP contribution in [0.15, 0.2) is 6.20 Å². The van der Waals surface area contributed by atoms with Crippen LogP contribution in [0.2, 0.25) is 0 Å². The van der Waals surface area contributed by atoms with Crippen LogP contribution in [0.25, 0.3) is 5.65 Å². The minimum Gasteiger partial charge on any atom is -0.368 e. The third kappa shape index (κ3) is 2.14. The zero-order chi connectivity index (χ0) is 16.3. The van der Waals surface area contributed by atoms with Crippen LogP contribution in [0.5, 0.6) is 0 Å². The third-order valence-electron chi connectivity index (χ3n) is 5.27. The standard InChI is InChI=1S/C15H20N6O2S/c22-24(23,11-3-4-11)20-7-1-2-10(9-20)15-19-18-13-8-17-14-12(21(13)15)5-6-16-14/h8,10-11,16H,1-7,9H2/t10-/m1/s1. The molecule has 0 radical (unpaired) electrons. The summed E-state index contributed by atoms with van der Waals surface area (Å²) in [7, 11) is -3.13. The summed E-state index contributed by atoms with van der Waals surface area (Å²) in [5.74, 6) is 1.86. The van der Waals surface area contributed by atoms with Gasteiger partial charge in [-0.1, -0.05) is 0 Å². The van der Waals surface area contributed by atoms with Crippen molar-refractivity contribution in [2.24, 2.45) is 0 Å². The van der Waals surface area contributed by atoms with E-state index in [9.17, 15) is 8.42 Å². The quantitative estimate of drug-likeness (QED) is 0.880. The molecule has 2 aliphatic heterocycles. The summed E-state index contributed by atoms with van der Waals surface area (Å²) in [6.07, 6.45) is 6.06. The second-order valence-corrected chi connectivity index (χ2v) is 9.14. The lowest BCUT2D eigenvalue weighted by Crippen LogP contribution is -2.41. The molecule has 0 spiro atoms. The van der Waals surface area contributed by atoms with Gasteiger partial charge in [0.2, 0.25) is 10.0 Å². The Labute approximate surface area is 140 Å². The number of fused-ring (bicyclic) bond motifs is 3. The van der Waals surface area contributed by atoms with Crippen molar-refractivity contribution >= 4 is 21.5 Å². The molecule has 9 heteroatoms. The van der Waals surface area contributed by atoms with E-state index < -0.39 is 10.0 Å². The molecule has 5 rings (SSSR count). The van der Waals surface area contributed by atoms with Crippen molar-refractivity contribution in [3.05, 3.63) is 17.7 Å². The number of hydrogen-bond acceptors (Lipinski definition) is 6. The molecule has 3 aliphatic rings. The van der Waals surface area contributed by atoms with Crippen molar-refractivity contribution < 1.29 is 8.42 Å². The van der Waals surface area contributed by atoms with Gasteiger partial charge in [-0.3, -0.25) is 4.40 Å². The van der Waals surface area contributed by atoms with E-state index in [-0.39, 0.29) is 11.2 Å². The Bertz CT molecular complexity index is 904. The Hall–Kier alpha value is -1.74. The number of anilines is 1. The van der Waals surface area contributed by atoms with Crippen molar-refractivity contribution in [3.63, 3.8) is 0 Å². The van der Waals surface area contributed by atoms with Gasteiger partial charge in [0, 0.05) is 32.0 Å². The summed E-state index contributed by atoms with van der Waals surface area (Å²) in [5.41, 5.74) is 1.85. The molecular formula is C15H20N6O2S. The molecule has 2 aromatic heterocycles. The normalized spacial score (nSPS) is 24.9. The Morgan fingerprint density at radius 3 is 2.92 bits per heavy atom. The number of nitrogens with one attached hydrogen (secondary N) is 1. The summed E-state index contributed by atoms with van der Waals surface area (Å²) >= 11 is 0. The van der Waals surface area contributed by atoms with Gasteiger partial charge in [0.15, 0.2) is 5.65 Å². The largest absolute Gasteiger partial charge is 0.368 e. The average Bonchev–Trinajstić information content (AvgIpc) is 3.20. The maximum absolute atomic E-state index is 12.6. The van der Waals surface area contributed by atoms with Crippen LogP contribution in [-0.2, 0) is 16.4 Å². The van der Waals surface area contributed by atoms with Crippen molar-refractivity contribution in [2.45, 2.75) is 43.3 Å². The van der Waals surface area contributed by atoms with Gasteiger partial charge in [0.25, 0.3) is 0 Å².